The number of nitrogens with zero attached hydrogens (tertiary/aromatic N) is 1. The summed E-state index contributed by atoms with van der Waals surface area (Å²) < 4.78 is 37.6. The quantitative estimate of drug-likeness (QED) is 0.461. The molecule has 0 aliphatic carbocycles. The number of fused-ring (bicyclic) bond motifs is 1. The Morgan fingerprint density at radius 1 is 1.18 bits per heavy atom. The van der Waals surface area contributed by atoms with Crippen molar-refractivity contribution in [1.82, 2.24) is 10.3 Å². The van der Waals surface area contributed by atoms with E-state index in [-0.39, 0.29) is 18.4 Å². The monoisotopic (exact) mass is 487 g/mol. The summed E-state index contributed by atoms with van der Waals surface area (Å²) in [5.41, 5.74) is 1.06. The largest absolute Gasteiger partial charge is 0.433 e. The number of hydrogen-bond acceptors (Lipinski definition) is 5. The summed E-state index contributed by atoms with van der Waals surface area (Å²) in [7, 11) is 0. The average Bonchev–Trinajstić information content (AvgIpc) is 3.24. The van der Waals surface area contributed by atoms with Gasteiger partial charge in [-0.3, -0.25) is 14.6 Å². The Hall–Kier alpha value is -3.37. The predicted molar refractivity (Wildman–Crippen MR) is 123 cm³/mol. The van der Waals surface area contributed by atoms with E-state index in [1.807, 2.05) is 35.7 Å². The molecule has 0 fully saturated rings. The zero-order valence-corrected chi connectivity index (χ0v) is 18.5. The molecule has 2 amide bonds. The van der Waals surface area contributed by atoms with Crippen molar-refractivity contribution < 1.29 is 22.8 Å². The van der Waals surface area contributed by atoms with Gasteiger partial charge < -0.3 is 10.6 Å². The minimum atomic E-state index is -4.50. The van der Waals surface area contributed by atoms with Crippen molar-refractivity contribution in [1.29, 1.82) is 0 Å². The van der Waals surface area contributed by atoms with Gasteiger partial charge in [0.1, 0.15) is 5.69 Å². The lowest BCUT2D eigenvalue weighted by molar-refractivity contribution is -0.141. The first-order valence-electron chi connectivity index (χ1n) is 9.64. The fraction of sp³-hybridized carbons (Fsp3) is 0.0870. The first-order chi connectivity index (χ1) is 15.8. The molecule has 33 heavy (non-hydrogen) atoms. The van der Waals surface area contributed by atoms with Gasteiger partial charge in [0, 0.05) is 28.6 Å². The predicted octanol–water partition coefficient (Wildman–Crippen LogP) is 5.58. The van der Waals surface area contributed by atoms with E-state index in [1.54, 1.807) is 12.2 Å². The van der Waals surface area contributed by atoms with E-state index in [0.717, 1.165) is 33.3 Å². The Morgan fingerprint density at radius 3 is 2.76 bits per heavy atom. The number of thioether (sulfide) groups is 1. The molecule has 1 aliphatic rings. The maximum absolute atomic E-state index is 12.5. The number of rotatable bonds is 5. The lowest BCUT2D eigenvalue weighted by Gasteiger charge is -2.17. The molecule has 3 heterocycles. The third-order valence-electron chi connectivity index (χ3n) is 4.50. The first-order valence-corrected chi connectivity index (χ1v) is 11.3. The molecule has 2 aromatic heterocycles. The van der Waals surface area contributed by atoms with Gasteiger partial charge >= 0.3 is 6.18 Å². The molecule has 5 nitrogen and oxygen atoms in total. The highest BCUT2D eigenvalue weighted by atomic mass is 32.2. The second-order valence-electron chi connectivity index (χ2n) is 6.94. The molecule has 10 heteroatoms. The number of halogens is 3. The van der Waals surface area contributed by atoms with Crippen molar-refractivity contribution in [3.63, 3.8) is 0 Å². The molecule has 1 aromatic carbocycles. The highest BCUT2D eigenvalue weighted by Gasteiger charge is 2.32. The number of carbonyl (C=O) groups is 2. The molecule has 0 saturated carbocycles. The van der Waals surface area contributed by atoms with Gasteiger partial charge in [0.15, 0.2) is 0 Å². The van der Waals surface area contributed by atoms with Gasteiger partial charge in [-0.25, -0.2) is 0 Å². The van der Waals surface area contributed by atoms with Crippen molar-refractivity contribution in [3.05, 3.63) is 86.7 Å². The van der Waals surface area contributed by atoms with E-state index in [1.165, 1.54) is 35.2 Å². The van der Waals surface area contributed by atoms with Crippen LogP contribution in [0.4, 0.5) is 18.9 Å². The van der Waals surface area contributed by atoms with Crippen LogP contribution in [0.2, 0.25) is 0 Å². The van der Waals surface area contributed by atoms with Gasteiger partial charge in [-0.15, -0.1) is 11.3 Å². The number of carbonyl (C=O) groups excluding carboxylic acids is 2. The standard InChI is InChI=1S/C23H16F3N3O2S2/c24-23(25,26)20-7-5-15(11-27-20)12-28-21(30)8-6-14-9-16(32-13-14)10-19-22(31)29-17-3-1-2-4-18(17)33-19/h1-11,13H,12H2,(H,28,30)(H,29,31)/b8-6+,19-10?. The SMILES string of the molecule is O=C(/C=C/c1csc(C=C2Sc3ccccc3NC2=O)c1)NCc1ccc(C(F)(F)F)nc1. The molecule has 0 unspecified atom stereocenters. The number of para-hydroxylation sites is 1. The normalized spacial score (nSPS) is 14.9. The molecular weight excluding hydrogens is 471 g/mol. The van der Waals surface area contributed by atoms with Crippen LogP contribution in [0.15, 0.2) is 69.9 Å². The molecule has 1 aliphatic heterocycles. The molecule has 0 saturated heterocycles. The van der Waals surface area contributed by atoms with E-state index in [9.17, 15) is 22.8 Å². The fourth-order valence-electron chi connectivity index (χ4n) is 2.88. The van der Waals surface area contributed by atoms with Crippen molar-refractivity contribution in [2.75, 3.05) is 5.32 Å². The average molecular weight is 488 g/mol. The van der Waals surface area contributed by atoms with Gasteiger partial charge in [-0.05, 0) is 52.9 Å². The Kier molecular flexibility index (Phi) is 6.66. The minimum Gasteiger partial charge on any atom is -0.348 e. The molecule has 3 aromatic rings. The Bertz CT molecular complexity index is 1250. The van der Waals surface area contributed by atoms with Crippen LogP contribution in [0.1, 0.15) is 21.7 Å². The third-order valence-corrected chi connectivity index (χ3v) is 6.50. The van der Waals surface area contributed by atoms with Crippen LogP contribution >= 0.6 is 23.1 Å². The van der Waals surface area contributed by atoms with Crippen LogP contribution in [-0.4, -0.2) is 16.8 Å². The zero-order chi connectivity index (χ0) is 23.4. The van der Waals surface area contributed by atoms with Gasteiger partial charge in [0.05, 0.1) is 10.6 Å². The lowest BCUT2D eigenvalue weighted by Crippen LogP contribution is -2.20. The summed E-state index contributed by atoms with van der Waals surface area (Å²) in [6, 6.07) is 11.6. The number of anilines is 1. The number of amides is 2. The lowest BCUT2D eigenvalue weighted by atomic mass is 10.2. The van der Waals surface area contributed by atoms with Crippen LogP contribution in [0.25, 0.3) is 12.2 Å². The Balaban J connectivity index is 1.33. The van der Waals surface area contributed by atoms with E-state index >= 15 is 0 Å². The number of aromatic nitrogens is 1. The molecule has 0 spiro atoms. The highest BCUT2D eigenvalue weighted by molar-refractivity contribution is 8.04. The second-order valence-corrected chi connectivity index (χ2v) is 8.97. The van der Waals surface area contributed by atoms with Gasteiger partial charge in [0.2, 0.25) is 5.91 Å². The van der Waals surface area contributed by atoms with E-state index in [4.69, 9.17) is 0 Å². The topological polar surface area (TPSA) is 71.1 Å². The summed E-state index contributed by atoms with van der Waals surface area (Å²) in [5.74, 6) is -0.554. The summed E-state index contributed by atoms with van der Waals surface area (Å²) in [4.78, 5) is 30.1. The van der Waals surface area contributed by atoms with Crippen LogP contribution in [0, 0.1) is 0 Å². The van der Waals surface area contributed by atoms with Crippen LogP contribution in [0.3, 0.4) is 0 Å². The van der Waals surface area contributed by atoms with Crippen molar-refractivity contribution in [2.45, 2.75) is 17.6 Å². The summed E-state index contributed by atoms with van der Waals surface area (Å²) in [6.07, 6.45) is 1.36. The second kappa shape index (κ2) is 9.63. The van der Waals surface area contributed by atoms with Crippen LogP contribution < -0.4 is 10.6 Å². The summed E-state index contributed by atoms with van der Waals surface area (Å²) >= 11 is 2.84. The number of benzene rings is 1. The van der Waals surface area contributed by atoms with E-state index in [0.29, 0.717) is 10.5 Å². The number of alkyl halides is 3. The summed E-state index contributed by atoms with van der Waals surface area (Å²) in [5, 5.41) is 7.32. The molecule has 2 N–H and O–H groups in total. The Labute approximate surface area is 195 Å². The van der Waals surface area contributed by atoms with Crippen LogP contribution in [-0.2, 0) is 22.3 Å². The first kappa shape index (κ1) is 22.8. The molecule has 0 bridgehead atoms. The molecule has 4 rings (SSSR count). The molecular formula is C23H16F3N3O2S2. The molecule has 0 radical (unpaired) electrons. The van der Waals surface area contributed by atoms with Crippen molar-refractivity contribution in [2.24, 2.45) is 0 Å². The van der Waals surface area contributed by atoms with Crippen molar-refractivity contribution in [3.8, 4) is 0 Å². The maximum Gasteiger partial charge on any atom is 0.433 e. The number of pyridine rings is 1. The van der Waals surface area contributed by atoms with E-state index < -0.39 is 11.9 Å². The summed E-state index contributed by atoms with van der Waals surface area (Å²) in [6.45, 7) is 0.0586. The maximum atomic E-state index is 12.5. The van der Waals surface area contributed by atoms with Gasteiger partial charge in [-0.2, -0.15) is 13.2 Å². The zero-order valence-electron chi connectivity index (χ0n) is 16.8. The minimum absolute atomic E-state index is 0.0586. The van der Waals surface area contributed by atoms with E-state index in [2.05, 4.69) is 15.6 Å². The molecule has 168 valence electrons. The Morgan fingerprint density at radius 2 is 2.00 bits per heavy atom. The third kappa shape index (κ3) is 5.91. The van der Waals surface area contributed by atoms with Gasteiger partial charge in [0.25, 0.3) is 5.91 Å². The number of hydrogen-bond donors (Lipinski definition) is 2. The fourth-order valence-corrected chi connectivity index (χ4v) is 4.71. The number of nitrogens with one attached hydrogen (secondary N) is 2. The van der Waals surface area contributed by atoms with Crippen LogP contribution in [0.5, 0.6) is 0 Å². The highest BCUT2D eigenvalue weighted by Crippen LogP contribution is 2.39. The van der Waals surface area contributed by atoms with Crippen molar-refractivity contribution >= 4 is 52.8 Å². The van der Waals surface area contributed by atoms with Gasteiger partial charge in [-0.1, -0.05) is 30.0 Å². The molecule has 0 atom stereocenters. The smallest absolute Gasteiger partial charge is 0.348 e. The number of thiophene rings is 1.